The van der Waals surface area contributed by atoms with Crippen LogP contribution in [0.5, 0.6) is 0 Å². The zero-order valence-corrected chi connectivity index (χ0v) is 13.9. The van der Waals surface area contributed by atoms with E-state index in [4.69, 9.17) is 16.6 Å². The average molecular weight is 333 g/mol. The summed E-state index contributed by atoms with van der Waals surface area (Å²) in [5.74, 6) is 1.01. The summed E-state index contributed by atoms with van der Waals surface area (Å²) < 4.78 is 3.22. The summed E-state index contributed by atoms with van der Waals surface area (Å²) >= 11 is 7.91. The molecule has 0 unspecified atom stereocenters. The fraction of sp³-hybridized carbons (Fsp3) is 0.375. The third-order valence-electron chi connectivity index (χ3n) is 4.33. The molecule has 3 heterocycles. The quantitative estimate of drug-likeness (QED) is 0.726. The Morgan fingerprint density at radius 1 is 1.36 bits per heavy atom. The number of fused-ring (bicyclic) bond motifs is 1. The van der Waals surface area contributed by atoms with Crippen molar-refractivity contribution in [1.29, 1.82) is 0 Å². The third kappa shape index (κ3) is 2.43. The number of hydrogen-bond acceptors (Lipinski definition) is 4. The maximum atomic E-state index is 6.09. The molecule has 0 bridgehead atoms. The van der Waals surface area contributed by atoms with Crippen LogP contribution in [0, 0.1) is 0 Å². The molecule has 22 heavy (non-hydrogen) atoms. The Morgan fingerprint density at radius 3 is 3.00 bits per heavy atom. The summed E-state index contributed by atoms with van der Waals surface area (Å²) in [5.41, 5.74) is 1.11. The summed E-state index contributed by atoms with van der Waals surface area (Å²) in [5, 5.41) is 1.91. The maximum absolute atomic E-state index is 6.09. The molecule has 0 saturated carbocycles. The SMILES string of the molecule is Cn1c(Cl)cnc1CN1CCC[C@H]1c1nc2ccccc2s1. The molecule has 0 N–H and O–H groups in total. The second kappa shape index (κ2) is 5.65. The highest BCUT2D eigenvalue weighted by Crippen LogP contribution is 2.37. The molecule has 0 aliphatic carbocycles. The Morgan fingerprint density at radius 2 is 2.23 bits per heavy atom. The fourth-order valence-electron chi connectivity index (χ4n) is 3.08. The summed E-state index contributed by atoms with van der Waals surface area (Å²) in [6.45, 7) is 1.91. The van der Waals surface area contributed by atoms with Gasteiger partial charge in [0, 0.05) is 7.05 Å². The average Bonchev–Trinajstić information content (AvgIpc) is 3.22. The van der Waals surface area contributed by atoms with E-state index >= 15 is 0 Å². The van der Waals surface area contributed by atoms with E-state index in [0.717, 1.165) is 30.9 Å². The van der Waals surface area contributed by atoms with Gasteiger partial charge in [0.1, 0.15) is 16.0 Å². The highest BCUT2D eigenvalue weighted by molar-refractivity contribution is 7.18. The van der Waals surface area contributed by atoms with Gasteiger partial charge in [-0.15, -0.1) is 11.3 Å². The summed E-state index contributed by atoms with van der Waals surface area (Å²) in [6.07, 6.45) is 4.09. The molecule has 1 aliphatic rings. The van der Waals surface area contributed by atoms with Crippen molar-refractivity contribution in [2.45, 2.75) is 25.4 Å². The first-order chi connectivity index (χ1) is 10.7. The topological polar surface area (TPSA) is 34.0 Å². The van der Waals surface area contributed by atoms with Crippen molar-refractivity contribution >= 4 is 33.2 Å². The molecule has 4 nitrogen and oxygen atoms in total. The number of hydrogen-bond donors (Lipinski definition) is 0. The van der Waals surface area contributed by atoms with Gasteiger partial charge in [-0.1, -0.05) is 23.7 Å². The van der Waals surface area contributed by atoms with Gasteiger partial charge in [0.2, 0.25) is 0 Å². The lowest BCUT2D eigenvalue weighted by Gasteiger charge is -2.22. The Hall–Kier alpha value is -1.43. The van der Waals surface area contributed by atoms with Crippen molar-refractivity contribution < 1.29 is 0 Å². The number of likely N-dealkylation sites (tertiary alicyclic amines) is 1. The van der Waals surface area contributed by atoms with Gasteiger partial charge in [0.05, 0.1) is 29.0 Å². The molecular formula is C16H17ClN4S. The van der Waals surface area contributed by atoms with Crippen LogP contribution in [0.15, 0.2) is 30.5 Å². The lowest BCUT2D eigenvalue weighted by atomic mass is 10.2. The molecule has 1 aromatic carbocycles. The van der Waals surface area contributed by atoms with Crippen molar-refractivity contribution in [3.8, 4) is 0 Å². The highest BCUT2D eigenvalue weighted by Gasteiger charge is 2.29. The minimum Gasteiger partial charge on any atom is -0.321 e. The van der Waals surface area contributed by atoms with E-state index in [2.05, 4.69) is 28.1 Å². The number of rotatable bonds is 3. The molecule has 2 aromatic heterocycles. The van der Waals surface area contributed by atoms with Gasteiger partial charge in [-0.2, -0.15) is 0 Å². The van der Waals surface area contributed by atoms with E-state index in [9.17, 15) is 0 Å². The second-order valence-corrected chi connectivity index (χ2v) is 7.15. The van der Waals surface area contributed by atoms with E-state index in [1.807, 2.05) is 29.0 Å². The summed E-state index contributed by atoms with van der Waals surface area (Å²) in [7, 11) is 1.97. The van der Waals surface area contributed by atoms with E-state index in [1.165, 1.54) is 16.1 Å². The van der Waals surface area contributed by atoms with Crippen molar-refractivity contribution in [2.24, 2.45) is 7.05 Å². The first kappa shape index (κ1) is 14.2. The number of aromatic nitrogens is 3. The first-order valence-electron chi connectivity index (χ1n) is 7.48. The number of halogens is 1. The minimum absolute atomic E-state index is 0.396. The Labute approximate surface area is 138 Å². The van der Waals surface area contributed by atoms with E-state index in [-0.39, 0.29) is 0 Å². The maximum Gasteiger partial charge on any atom is 0.128 e. The van der Waals surface area contributed by atoms with Gasteiger partial charge in [-0.05, 0) is 31.5 Å². The molecule has 0 spiro atoms. The van der Waals surface area contributed by atoms with Crippen LogP contribution < -0.4 is 0 Å². The Balaban J connectivity index is 1.61. The smallest absolute Gasteiger partial charge is 0.128 e. The van der Waals surface area contributed by atoms with Gasteiger partial charge in [0.15, 0.2) is 0 Å². The molecule has 3 aromatic rings. The van der Waals surface area contributed by atoms with Crippen molar-refractivity contribution in [2.75, 3.05) is 6.54 Å². The molecule has 0 amide bonds. The van der Waals surface area contributed by atoms with Crippen LogP contribution in [0.4, 0.5) is 0 Å². The van der Waals surface area contributed by atoms with Gasteiger partial charge in [0.25, 0.3) is 0 Å². The molecule has 114 valence electrons. The van der Waals surface area contributed by atoms with Crippen LogP contribution in [-0.2, 0) is 13.6 Å². The molecule has 1 fully saturated rings. The predicted octanol–water partition coefficient (Wildman–Crippen LogP) is 4.02. The Bertz CT molecular complexity index is 776. The largest absolute Gasteiger partial charge is 0.321 e. The molecule has 0 radical (unpaired) electrons. The van der Waals surface area contributed by atoms with E-state index < -0.39 is 0 Å². The van der Waals surface area contributed by atoms with Gasteiger partial charge in [-0.25, -0.2) is 9.97 Å². The fourth-order valence-corrected chi connectivity index (χ4v) is 4.36. The highest BCUT2D eigenvalue weighted by atomic mass is 35.5. The zero-order valence-electron chi connectivity index (χ0n) is 12.4. The predicted molar refractivity (Wildman–Crippen MR) is 90.2 cm³/mol. The van der Waals surface area contributed by atoms with Crippen LogP contribution in [0.1, 0.15) is 29.7 Å². The second-order valence-electron chi connectivity index (χ2n) is 5.70. The molecule has 1 saturated heterocycles. The number of nitrogens with zero attached hydrogens (tertiary/aromatic N) is 4. The van der Waals surface area contributed by atoms with Gasteiger partial charge in [-0.3, -0.25) is 4.90 Å². The van der Waals surface area contributed by atoms with Crippen molar-refractivity contribution in [3.05, 3.63) is 46.4 Å². The van der Waals surface area contributed by atoms with Crippen molar-refractivity contribution in [3.63, 3.8) is 0 Å². The molecule has 1 aliphatic heterocycles. The van der Waals surface area contributed by atoms with Crippen LogP contribution in [0.2, 0.25) is 5.15 Å². The van der Waals surface area contributed by atoms with E-state index in [1.54, 1.807) is 6.20 Å². The molecule has 6 heteroatoms. The lowest BCUT2D eigenvalue weighted by Crippen LogP contribution is -2.24. The summed E-state index contributed by atoms with van der Waals surface area (Å²) in [4.78, 5) is 11.7. The van der Waals surface area contributed by atoms with Gasteiger partial charge < -0.3 is 4.57 Å². The number of thiazole rings is 1. The standard InChI is InChI=1S/C16H17ClN4S/c1-20-14(17)9-18-15(20)10-21-8-4-6-12(21)16-19-11-5-2-3-7-13(11)22-16/h2-3,5,7,9,12H,4,6,8,10H2,1H3/t12-/m0/s1. The number of para-hydroxylation sites is 1. The number of benzene rings is 1. The van der Waals surface area contributed by atoms with Crippen LogP contribution in [-0.4, -0.2) is 26.0 Å². The molecular weight excluding hydrogens is 316 g/mol. The minimum atomic E-state index is 0.396. The van der Waals surface area contributed by atoms with E-state index in [0.29, 0.717) is 11.2 Å². The molecule has 4 rings (SSSR count). The van der Waals surface area contributed by atoms with Gasteiger partial charge >= 0.3 is 0 Å². The first-order valence-corrected chi connectivity index (χ1v) is 8.67. The Kier molecular flexibility index (Phi) is 3.64. The molecule has 1 atom stereocenters. The van der Waals surface area contributed by atoms with Crippen LogP contribution in [0.25, 0.3) is 10.2 Å². The van der Waals surface area contributed by atoms with Crippen LogP contribution >= 0.6 is 22.9 Å². The van der Waals surface area contributed by atoms with Crippen LogP contribution in [0.3, 0.4) is 0 Å². The number of imidazole rings is 1. The third-order valence-corrected chi connectivity index (χ3v) is 5.82. The normalized spacial score (nSPS) is 19.3. The van der Waals surface area contributed by atoms with Crippen molar-refractivity contribution in [1.82, 2.24) is 19.4 Å². The lowest BCUT2D eigenvalue weighted by molar-refractivity contribution is 0.239. The monoisotopic (exact) mass is 332 g/mol. The summed E-state index contributed by atoms with van der Waals surface area (Å²) in [6, 6.07) is 8.76. The zero-order chi connectivity index (χ0) is 15.1.